The quantitative estimate of drug-likeness (QED) is 0.859. The maximum atomic E-state index is 12.4. The fourth-order valence-corrected chi connectivity index (χ4v) is 2.49. The van der Waals surface area contributed by atoms with Crippen LogP contribution in [0.15, 0.2) is 23.1 Å². The first kappa shape index (κ1) is 16.5. The Kier molecular flexibility index (Phi) is 4.81. The Balaban J connectivity index is 3.21. The highest BCUT2D eigenvalue weighted by Gasteiger charge is 2.21. The Morgan fingerprint density at radius 2 is 1.75 bits per heavy atom. The molecule has 112 valence electrons. The molecule has 1 amide bonds. The SMILES string of the molecule is CC(C)C(C)N(C)C(=O)c1cc(N)cc(S(C)(=O)=O)c1. The molecule has 0 aliphatic carbocycles. The van der Waals surface area contributed by atoms with Crippen LogP contribution < -0.4 is 5.73 Å². The van der Waals surface area contributed by atoms with Gasteiger partial charge in [0.15, 0.2) is 9.84 Å². The second-order valence-electron chi connectivity index (χ2n) is 5.46. The summed E-state index contributed by atoms with van der Waals surface area (Å²) in [6.07, 6.45) is 1.09. The largest absolute Gasteiger partial charge is 0.399 e. The van der Waals surface area contributed by atoms with Gasteiger partial charge in [-0.1, -0.05) is 13.8 Å². The zero-order chi connectivity index (χ0) is 15.7. The van der Waals surface area contributed by atoms with Crippen molar-refractivity contribution < 1.29 is 13.2 Å². The van der Waals surface area contributed by atoms with Crippen molar-refractivity contribution in [3.63, 3.8) is 0 Å². The van der Waals surface area contributed by atoms with E-state index < -0.39 is 9.84 Å². The molecular weight excluding hydrogens is 276 g/mol. The van der Waals surface area contributed by atoms with Crippen LogP contribution in [0.4, 0.5) is 5.69 Å². The summed E-state index contributed by atoms with van der Waals surface area (Å²) in [6.45, 7) is 6.00. The average Bonchev–Trinajstić information content (AvgIpc) is 2.34. The lowest BCUT2D eigenvalue weighted by atomic mass is 10.0. The number of sulfone groups is 1. The van der Waals surface area contributed by atoms with Gasteiger partial charge in [-0.05, 0) is 31.0 Å². The van der Waals surface area contributed by atoms with Crippen molar-refractivity contribution in [3.05, 3.63) is 23.8 Å². The second kappa shape index (κ2) is 5.83. The highest BCUT2D eigenvalue weighted by Crippen LogP contribution is 2.19. The van der Waals surface area contributed by atoms with Gasteiger partial charge in [-0.3, -0.25) is 4.79 Å². The van der Waals surface area contributed by atoms with Gasteiger partial charge in [-0.15, -0.1) is 0 Å². The summed E-state index contributed by atoms with van der Waals surface area (Å²) < 4.78 is 23.2. The standard InChI is InChI=1S/C14H22N2O3S/c1-9(2)10(3)16(4)14(17)11-6-12(15)8-13(7-11)20(5,18)19/h6-10H,15H2,1-5H3. The van der Waals surface area contributed by atoms with E-state index in [0.29, 0.717) is 11.5 Å². The molecule has 1 aromatic carbocycles. The number of nitrogen functional groups attached to an aromatic ring is 1. The lowest BCUT2D eigenvalue weighted by Crippen LogP contribution is -2.38. The summed E-state index contributed by atoms with van der Waals surface area (Å²) in [5.74, 6) is 0.0720. The molecule has 0 spiro atoms. The van der Waals surface area contributed by atoms with Crippen LogP contribution in [0.3, 0.4) is 0 Å². The van der Waals surface area contributed by atoms with E-state index in [0.717, 1.165) is 6.26 Å². The van der Waals surface area contributed by atoms with Gasteiger partial charge in [0, 0.05) is 30.6 Å². The molecule has 6 heteroatoms. The highest BCUT2D eigenvalue weighted by atomic mass is 32.2. The van der Waals surface area contributed by atoms with E-state index in [2.05, 4.69) is 0 Å². The van der Waals surface area contributed by atoms with Crippen molar-refractivity contribution in [1.29, 1.82) is 0 Å². The van der Waals surface area contributed by atoms with E-state index in [1.54, 1.807) is 11.9 Å². The van der Waals surface area contributed by atoms with E-state index in [1.165, 1.54) is 18.2 Å². The number of anilines is 1. The summed E-state index contributed by atoms with van der Waals surface area (Å²) in [6, 6.07) is 4.28. The molecular formula is C14H22N2O3S. The van der Waals surface area contributed by atoms with Crippen molar-refractivity contribution in [2.75, 3.05) is 19.0 Å². The molecule has 1 unspecified atom stereocenters. The zero-order valence-electron chi connectivity index (χ0n) is 12.5. The minimum absolute atomic E-state index is 0.0469. The number of rotatable bonds is 4. The van der Waals surface area contributed by atoms with Gasteiger partial charge in [-0.2, -0.15) is 0 Å². The third-order valence-corrected chi connectivity index (χ3v) is 4.59. The highest BCUT2D eigenvalue weighted by molar-refractivity contribution is 7.90. The van der Waals surface area contributed by atoms with Crippen molar-refractivity contribution >= 4 is 21.4 Å². The summed E-state index contributed by atoms with van der Waals surface area (Å²) in [4.78, 5) is 14.1. The molecule has 0 aliphatic heterocycles. The monoisotopic (exact) mass is 298 g/mol. The lowest BCUT2D eigenvalue weighted by Gasteiger charge is -2.28. The second-order valence-corrected chi connectivity index (χ2v) is 7.48. The van der Waals surface area contributed by atoms with Gasteiger partial charge >= 0.3 is 0 Å². The first-order chi connectivity index (χ1) is 9.04. The molecule has 2 N–H and O–H groups in total. The molecule has 0 aromatic heterocycles. The number of carbonyl (C=O) groups excluding carboxylic acids is 1. The number of benzene rings is 1. The van der Waals surface area contributed by atoms with Gasteiger partial charge in [0.05, 0.1) is 4.90 Å². The van der Waals surface area contributed by atoms with Gasteiger partial charge < -0.3 is 10.6 Å². The summed E-state index contributed by atoms with van der Waals surface area (Å²) in [7, 11) is -1.69. The van der Waals surface area contributed by atoms with Crippen molar-refractivity contribution in [2.45, 2.75) is 31.7 Å². The Hall–Kier alpha value is -1.56. The Morgan fingerprint density at radius 3 is 2.20 bits per heavy atom. The molecule has 5 nitrogen and oxygen atoms in total. The van der Waals surface area contributed by atoms with Crippen LogP contribution in [-0.4, -0.2) is 38.6 Å². The van der Waals surface area contributed by atoms with E-state index in [4.69, 9.17) is 5.73 Å². The fraction of sp³-hybridized carbons (Fsp3) is 0.500. The van der Waals surface area contributed by atoms with E-state index >= 15 is 0 Å². The molecule has 1 atom stereocenters. The lowest BCUT2D eigenvalue weighted by molar-refractivity contribution is 0.0707. The van der Waals surface area contributed by atoms with Gasteiger partial charge in [0.2, 0.25) is 0 Å². The third-order valence-electron chi connectivity index (χ3n) is 3.50. The predicted octanol–water partition coefficient (Wildman–Crippen LogP) is 1.79. The smallest absolute Gasteiger partial charge is 0.253 e. The van der Waals surface area contributed by atoms with Crippen molar-refractivity contribution in [1.82, 2.24) is 4.90 Å². The molecule has 0 aliphatic rings. The Morgan fingerprint density at radius 1 is 1.20 bits per heavy atom. The third kappa shape index (κ3) is 3.72. The number of carbonyl (C=O) groups is 1. The van der Waals surface area contributed by atoms with E-state index in [-0.39, 0.29) is 22.5 Å². The first-order valence-corrected chi connectivity index (χ1v) is 8.31. The molecule has 0 saturated carbocycles. The predicted molar refractivity (Wildman–Crippen MR) is 80.4 cm³/mol. The summed E-state index contributed by atoms with van der Waals surface area (Å²) in [5, 5.41) is 0. The number of nitrogens with two attached hydrogens (primary N) is 1. The zero-order valence-corrected chi connectivity index (χ0v) is 13.4. The van der Waals surface area contributed by atoms with Crippen LogP contribution >= 0.6 is 0 Å². The maximum absolute atomic E-state index is 12.4. The van der Waals surface area contributed by atoms with E-state index in [1.807, 2.05) is 20.8 Å². The fourth-order valence-electron chi connectivity index (χ4n) is 1.80. The molecule has 1 rings (SSSR count). The van der Waals surface area contributed by atoms with Gasteiger partial charge in [0.25, 0.3) is 5.91 Å². The molecule has 20 heavy (non-hydrogen) atoms. The van der Waals surface area contributed by atoms with Gasteiger partial charge in [-0.25, -0.2) is 8.42 Å². The van der Waals surface area contributed by atoms with Crippen LogP contribution in [-0.2, 0) is 9.84 Å². The molecule has 0 radical (unpaired) electrons. The summed E-state index contributed by atoms with van der Waals surface area (Å²) >= 11 is 0. The molecule has 0 fully saturated rings. The van der Waals surface area contributed by atoms with Crippen LogP contribution in [0.5, 0.6) is 0 Å². The van der Waals surface area contributed by atoms with E-state index in [9.17, 15) is 13.2 Å². The minimum atomic E-state index is -3.39. The number of hydrogen-bond donors (Lipinski definition) is 1. The number of nitrogens with zero attached hydrogens (tertiary/aromatic N) is 1. The average molecular weight is 298 g/mol. The normalized spacial score (nSPS) is 13.3. The van der Waals surface area contributed by atoms with Crippen LogP contribution in [0.25, 0.3) is 0 Å². The Bertz CT molecular complexity index is 609. The molecule has 1 aromatic rings. The van der Waals surface area contributed by atoms with Crippen molar-refractivity contribution in [3.8, 4) is 0 Å². The number of amides is 1. The first-order valence-electron chi connectivity index (χ1n) is 6.41. The van der Waals surface area contributed by atoms with Crippen LogP contribution in [0, 0.1) is 5.92 Å². The Labute approximate surface area is 120 Å². The molecule has 0 saturated heterocycles. The molecule has 0 bridgehead atoms. The maximum Gasteiger partial charge on any atom is 0.253 e. The minimum Gasteiger partial charge on any atom is -0.399 e. The summed E-state index contributed by atoms with van der Waals surface area (Å²) in [5.41, 5.74) is 6.25. The van der Waals surface area contributed by atoms with Crippen molar-refractivity contribution in [2.24, 2.45) is 5.92 Å². The number of hydrogen-bond acceptors (Lipinski definition) is 4. The molecule has 0 heterocycles. The van der Waals surface area contributed by atoms with Gasteiger partial charge in [0.1, 0.15) is 0 Å². The topological polar surface area (TPSA) is 80.5 Å². The van der Waals surface area contributed by atoms with Crippen LogP contribution in [0.2, 0.25) is 0 Å². The van der Waals surface area contributed by atoms with Crippen LogP contribution in [0.1, 0.15) is 31.1 Å².